The largest absolute Gasteiger partial charge is 0.378 e. The van der Waals surface area contributed by atoms with Gasteiger partial charge in [0.25, 0.3) is 0 Å². The van der Waals surface area contributed by atoms with E-state index in [2.05, 4.69) is 41.0 Å². The molecule has 0 aliphatic heterocycles. The number of aryl methyl sites for hydroxylation is 2. The van der Waals surface area contributed by atoms with Gasteiger partial charge in [0.05, 0.1) is 5.60 Å². The number of ether oxygens (including phenoxy) is 1. The van der Waals surface area contributed by atoms with E-state index >= 15 is 0 Å². The number of carbonyl (C=O) groups excluding carboxylic acids is 1. The Bertz CT molecular complexity index is 526. The Labute approximate surface area is 132 Å². The summed E-state index contributed by atoms with van der Waals surface area (Å²) in [5, 5.41) is 5.97. The van der Waals surface area contributed by atoms with Crippen molar-refractivity contribution in [2.45, 2.75) is 58.7 Å². The van der Waals surface area contributed by atoms with Crippen LogP contribution in [0.4, 0.5) is 4.79 Å². The van der Waals surface area contributed by atoms with Gasteiger partial charge in [-0.25, -0.2) is 9.78 Å². The summed E-state index contributed by atoms with van der Waals surface area (Å²) < 4.78 is 7.65. The van der Waals surface area contributed by atoms with Gasteiger partial charge in [0, 0.05) is 44.0 Å². The highest BCUT2D eigenvalue weighted by molar-refractivity contribution is 5.74. The smallest absolute Gasteiger partial charge is 0.315 e. The number of amides is 2. The Morgan fingerprint density at radius 2 is 2.23 bits per heavy atom. The third-order valence-electron chi connectivity index (χ3n) is 5.37. The van der Waals surface area contributed by atoms with Gasteiger partial charge in [-0.1, -0.05) is 13.8 Å². The second-order valence-corrected chi connectivity index (χ2v) is 6.84. The van der Waals surface area contributed by atoms with E-state index in [0.717, 1.165) is 25.2 Å². The maximum atomic E-state index is 12.0. The first kappa shape index (κ1) is 16.8. The van der Waals surface area contributed by atoms with Crippen LogP contribution in [0.3, 0.4) is 0 Å². The van der Waals surface area contributed by atoms with Crippen LogP contribution in [-0.4, -0.2) is 40.9 Å². The fourth-order valence-electron chi connectivity index (χ4n) is 3.02. The third-order valence-corrected chi connectivity index (χ3v) is 5.37. The molecule has 22 heavy (non-hydrogen) atoms. The standard InChI is InChI=1S/C16H28N4O2/c1-12-17-8-10-20(12)9-6-7-18-14(21)19-13-11-16(4,22-5)15(13,2)3/h8,10,13H,6-7,9,11H2,1-5H3,(H2,18,19,21)/t13-,16-/m1/s1. The molecule has 1 aromatic rings. The molecule has 1 heterocycles. The summed E-state index contributed by atoms with van der Waals surface area (Å²) in [5.74, 6) is 1.000. The molecule has 0 saturated heterocycles. The number of aromatic nitrogens is 2. The Kier molecular flexibility index (Phi) is 4.80. The molecule has 2 rings (SSSR count). The molecule has 0 radical (unpaired) electrons. The Balaban J connectivity index is 1.68. The lowest BCUT2D eigenvalue weighted by atomic mass is 9.56. The minimum atomic E-state index is -0.163. The van der Waals surface area contributed by atoms with Crippen LogP contribution in [0.15, 0.2) is 12.4 Å². The molecule has 1 fully saturated rings. The summed E-state index contributed by atoms with van der Waals surface area (Å²) in [7, 11) is 1.73. The molecule has 2 N–H and O–H groups in total. The molecular formula is C16H28N4O2. The zero-order valence-corrected chi connectivity index (χ0v) is 14.3. The molecule has 1 aromatic heterocycles. The zero-order valence-electron chi connectivity index (χ0n) is 14.3. The van der Waals surface area contributed by atoms with E-state index in [0.29, 0.717) is 6.54 Å². The monoisotopic (exact) mass is 308 g/mol. The van der Waals surface area contributed by atoms with E-state index in [-0.39, 0.29) is 23.1 Å². The maximum absolute atomic E-state index is 12.0. The molecule has 2 atom stereocenters. The van der Waals surface area contributed by atoms with Crippen LogP contribution in [0.1, 0.15) is 39.4 Å². The first-order valence-corrected chi connectivity index (χ1v) is 7.87. The molecule has 1 aliphatic rings. The lowest BCUT2D eigenvalue weighted by molar-refractivity contribution is -0.177. The van der Waals surface area contributed by atoms with Crippen LogP contribution >= 0.6 is 0 Å². The summed E-state index contributed by atoms with van der Waals surface area (Å²) in [6, 6.07) is 0.0481. The van der Waals surface area contributed by atoms with Gasteiger partial charge in [-0.3, -0.25) is 0 Å². The minimum Gasteiger partial charge on any atom is -0.378 e. The Morgan fingerprint density at radius 3 is 2.77 bits per heavy atom. The van der Waals surface area contributed by atoms with E-state index in [9.17, 15) is 4.79 Å². The van der Waals surface area contributed by atoms with Crippen molar-refractivity contribution in [3.05, 3.63) is 18.2 Å². The zero-order chi connectivity index (χ0) is 16.4. The van der Waals surface area contributed by atoms with Gasteiger partial charge in [0.2, 0.25) is 0 Å². The van der Waals surface area contributed by atoms with Gasteiger partial charge < -0.3 is 19.9 Å². The number of nitrogens with one attached hydrogen (secondary N) is 2. The third kappa shape index (κ3) is 3.11. The van der Waals surface area contributed by atoms with Gasteiger partial charge >= 0.3 is 6.03 Å². The van der Waals surface area contributed by atoms with Gasteiger partial charge in [0.15, 0.2) is 0 Å². The van der Waals surface area contributed by atoms with Crippen LogP contribution < -0.4 is 10.6 Å². The fourth-order valence-corrected chi connectivity index (χ4v) is 3.02. The highest BCUT2D eigenvalue weighted by Gasteiger charge is 2.58. The maximum Gasteiger partial charge on any atom is 0.315 e. The molecule has 1 saturated carbocycles. The molecule has 124 valence electrons. The molecule has 0 unspecified atom stereocenters. The summed E-state index contributed by atoms with van der Waals surface area (Å²) >= 11 is 0. The van der Waals surface area contributed by atoms with Gasteiger partial charge in [0.1, 0.15) is 5.82 Å². The quantitative estimate of drug-likeness (QED) is 0.791. The normalized spacial score (nSPS) is 26.3. The van der Waals surface area contributed by atoms with E-state index < -0.39 is 0 Å². The molecule has 1 aliphatic carbocycles. The van der Waals surface area contributed by atoms with Crippen molar-refractivity contribution in [1.82, 2.24) is 20.2 Å². The lowest BCUT2D eigenvalue weighted by Gasteiger charge is -2.59. The van der Waals surface area contributed by atoms with Crippen molar-refractivity contribution in [2.75, 3.05) is 13.7 Å². The second-order valence-electron chi connectivity index (χ2n) is 6.84. The SMILES string of the molecule is CO[C@]1(C)C[C@@H](NC(=O)NCCCn2ccnc2C)C1(C)C. The van der Waals surface area contributed by atoms with E-state index in [1.807, 2.05) is 13.1 Å². The van der Waals surface area contributed by atoms with E-state index in [4.69, 9.17) is 4.74 Å². The van der Waals surface area contributed by atoms with Gasteiger partial charge in [-0.2, -0.15) is 0 Å². The van der Waals surface area contributed by atoms with Crippen LogP contribution in [0.25, 0.3) is 0 Å². The van der Waals surface area contributed by atoms with Gasteiger partial charge in [-0.05, 0) is 26.7 Å². The first-order valence-electron chi connectivity index (χ1n) is 7.87. The van der Waals surface area contributed by atoms with Crippen molar-refractivity contribution in [2.24, 2.45) is 5.41 Å². The summed E-state index contributed by atoms with van der Waals surface area (Å²) in [6.45, 7) is 9.85. The number of urea groups is 1. The number of carbonyl (C=O) groups is 1. The molecular weight excluding hydrogens is 280 g/mol. The Morgan fingerprint density at radius 1 is 1.50 bits per heavy atom. The van der Waals surface area contributed by atoms with Crippen LogP contribution in [0, 0.1) is 12.3 Å². The second kappa shape index (κ2) is 6.28. The molecule has 0 bridgehead atoms. The van der Waals surface area contributed by atoms with Crippen molar-refractivity contribution >= 4 is 6.03 Å². The van der Waals surface area contributed by atoms with Crippen molar-refractivity contribution < 1.29 is 9.53 Å². The summed E-state index contributed by atoms with van der Waals surface area (Å²) in [6.07, 6.45) is 5.48. The van der Waals surface area contributed by atoms with E-state index in [1.165, 1.54) is 0 Å². The molecule has 0 aromatic carbocycles. The number of imidazole rings is 1. The lowest BCUT2D eigenvalue weighted by Crippen LogP contribution is -2.69. The molecule has 2 amide bonds. The Hall–Kier alpha value is -1.56. The number of hydrogen-bond donors (Lipinski definition) is 2. The average Bonchev–Trinajstić information content (AvgIpc) is 2.88. The first-order chi connectivity index (χ1) is 10.3. The van der Waals surface area contributed by atoms with Crippen molar-refractivity contribution in [3.63, 3.8) is 0 Å². The van der Waals surface area contributed by atoms with Gasteiger partial charge in [-0.15, -0.1) is 0 Å². The number of nitrogens with zero attached hydrogens (tertiary/aromatic N) is 2. The number of rotatable bonds is 6. The average molecular weight is 308 g/mol. The highest BCUT2D eigenvalue weighted by Crippen LogP contribution is 2.51. The predicted molar refractivity (Wildman–Crippen MR) is 85.7 cm³/mol. The number of hydrogen-bond acceptors (Lipinski definition) is 3. The summed E-state index contributed by atoms with van der Waals surface area (Å²) in [5.41, 5.74) is -0.225. The van der Waals surface area contributed by atoms with Crippen molar-refractivity contribution in [1.29, 1.82) is 0 Å². The topological polar surface area (TPSA) is 68.2 Å². The van der Waals surface area contributed by atoms with Crippen LogP contribution in [-0.2, 0) is 11.3 Å². The molecule has 0 spiro atoms. The van der Waals surface area contributed by atoms with Crippen molar-refractivity contribution in [3.8, 4) is 0 Å². The van der Waals surface area contributed by atoms with Crippen LogP contribution in [0.5, 0.6) is 0 Å². The number of methoxy groups -OCH3 is 1. The summed E-state index contributed by atoms with van der Waals surface area (Å²) in [4.78, 5) is 16.2. The fraction of sp³-hybridized carbons (Fsp3) is 0.750. The minimum absolute atomic E-state index is 0.0625. The molecule has 6 nitrogen and oxygen atoms in total. The molecule has 6 heteroatoms. The predicted octanol–water partition coefficient (Wildman–Crippen LogP) is 2.08. The van der Waals surface area contributed by atoms with E-state index in [1.54, 1.807) is 13.3 Å². The highest BCUT2D eigenvalue weighted by atomic mass is 16.5. The van der Waals surface area contributed by atoms with Crippen LogP contribution in [0.2, 0.25) is 0 Å².